The predicted molar refractivity (Wildman–Crippen MR) is 89.7 cm³/mol. The number of esters is 1. The Morgan fingerprint density at radius 2 is 2.04 bits per heavy atom. The van der Waals surface area contributed by atoms with Crippen LogP contribution in [0.5, 0.6) is 0 Å². The molecule has 0 radical (unpaired) electrons. The smallest absolute Gasteiger partial charge is 0.410 e. The van der Waals surface area contributed by atoms with Gasteiger partial charge in [-0.15, -0.1) is 0 Å². The first-order valence-electron chi connectivity index (χ1n) is 9.04. The fourth-order valence-corrected chi connectivity index (χ4v) is 3.49. The van der Waals surface area contributed by atoms with Gasteiger partial charge < -0.3 is 19.1 Å². The number of likely N-dealkylation sites (tertiary alicyclic amines) is 1. The molecule has 0 bridgehead atoms. The Balaban J connectivity index is 1.85. The highest BCUT2D eigenvalue weighted by Crippen LogP contribution is 2.39. The molecule has 2 rings (SSSR count). The number of piperidine rings is 1. The molecule has 24 heavy (non-hydrogen) atoms. The highest BCUT2D eigenvalue weighted by molar-refractivity contribution is 5.69. The van der Waals surface area contributed by atoms with Crippen LogP contribution in [-0.4, -0.2) is 54.0 Å². The van der Waals surface area contributed by atoms with Gasteiger partial charge in [0.2, 0.25) is 0 Å². The first-order chi connectivity index (χ1) is 11.2. The molecule has 2 aliphatic rings. The highest BCUT2D eigenvalue weighted by atomic mass is 16.6. The van der Waals surface area contributed by atoms with E-state index < -0.39 is 5.60 Å². The molecule has 0 aromatic heterocycles. The topological polar surface area (TPSA) is 65.1 Å². The maximum atomic E-state index is 12.3. The van der Waals surface area contributed by atoms with E-state index in [9.17, 15) is 9.59 Å². The van der Waals surface area contributed by atoms with Crippen LogP contribution in [0.2, 0.25) is 0 Å². The van der Waals surface area contributed by atoms with Crippen molar-refractivity contribution in [2.45, 2.75) is 83.5 Å². The Morgan fingerprint density at radius 1 is 1.29 bits per heavy atom. The molecule has 1 amide bonds. The fourth-order valence-electron chi connectivity index (χ4n) is 3.49. The quantitative estimate of drug-likeness (QED) is 0.734. The number of hydrogen-bond donors (Lipinski definition) is 0. The van der Waals surface area contributed by atoms with Crippen molar-refractivity contribution in [3.05, 3.63) is 0 Å². The Kier molecular flexibility index (Phi) is 6.12. The van der Waals surface area contributed by atoms with Gasteiger partial charge in [-0.05, 0) is 59.8 Å². The van der Waals surface area contributed by atoms with E-state index in [2.05, 4.69) is 0 Å². The van der Waals surface area contributed by atoms with Gasteiger partial charge in [-0.2, -0.15) is 0 Å². The van der Waals surface area contributed by atoms with E-state index in [1.165, 1.54) is 0 Å². The average molecular weight is 341 g/mol. The van der Waals surface area contributed by atoms with Gasteiger partial charge in [0.15, 0.2) is 0 Å². The van der Waals surface area contributed by atoms with Crippen LogP contribution in [0.4, 0.5) is 4.79 Å². The normalized spacial score (nSPS) is 27.3. The standard InChI is InChI=1S/C18H31NO5/c1-5-22-15(20)8-7-14-9-11-18(23-14)10-6-12-19(13-18)16(21)24-17(2,3)4/h14H,5-13H2,1-4H3/t14-,18+/m0/s1. The first-order valence-corrected chi connectivity index (χ1v) is 9.04. The number of amides is 1. The summed E-state index contributed by atoms with van der Waals surface area (Å²) in [4.78, 5) is 25.6. The Morgan fingerprint density at radius 3 is 2.71 bits per heavy atom. The van der Waals surface area contributed by atoms with Crippen LogP contribution in [0.3, 0.4) is 0 Å². The van der Waals surface area contributed by atoms with Crippen molar-refractivity contribution >= 4 is 12.1 Å². The van der Waals surface area contributed by atoms with E-state index in [1.54, 1.807) is 4.90 Å². The number of carbonyl (C=O) groups is 2. The van der Waals surface area contributed by atoms with E-state index in [-0.39, 0.29) is 23.8 Å². The second kappa shape index (κ2) is 7.72. The van der Waals surface area contributed by atoms with Crippen molar-refractivity contribution < 1.29 is 23.8 Å². The minimum absolute atomic E-state index is 0.0768. The molecule has 138 valence electrons. The van der Waals surface area contributed by atoms with Gasteiger partial charge in [0, 0.05) is 13.0 Å². The molecule has 0 saturated carbocycles. The number of nitrogens with zero attached hydrogens (tertiary/aromatic N) is 1. The molecule has 2 saturated heterocycles. The van der Waals surface area contributed by atoms with Crippen molar-refractivity contribution in [1.82, 2.24) is 4.90 Å². The summed E-state index contributed by atoms with van der Waals surface area (Å²) >= 11 is 0. The summed E-state index contributed by atoms with van der Waals surface area (Å²) in [7, 11) is 0. The summed E-state index contributed by atoms with van der Waals surface area (Å²) in [5.74, 6) is -0.166. The molecule has 0 unspecified atom stereocenters. The second-order valence-electron chi connectivity index (χ2n) is 7.81. The van der Waals surface area contributed by atoms with Crippen LogP contribution in [-0.2, 0) is 19.0 Å². The summed E-state index contributed by atoms with van der Waals surface area (Å²) in [6.45, 7) is 9.16. The van der Waals surface area contributed by atoms with Crippen molar-refractivity contribution in [2.75, 3.05) is 19.7 Å². The first kappa shape index (κ1) is 19.0. The van der Waals surface area contributed by atoms with Crippen LogP contribution in [0.15, 0.2) is 0 Å². The minimum atomic E-state index is -0.486. The monoisotopic (exact) mass is 341 g/mol. The van der Waals surface area contributed by atoms with Gasteiger partial charge in [-0.25, -0.2) is 4.79 Å². The zero-order valence-electron chi connectivity index (χ0n) is 15.4. The zero-order valence-corrected chi connectivity index (χ0v) is 15.4. The maximum absolute atomic E-state index is 12.3. The molecular formula is C18H31NO5. The SMILES string of the molecule is CCOC(=O)CC[C@H]1CC[C@@]2(CCCN(C(=O)OC(C)(C)C)C2)O1. The van der Waals surface area contributed by atoms with Crippen LogP contribution < -0.4 is 0 Å². The Labute approximate surface area is 144 Å². The van der Waals surface area contributed by atoms with Crippen LogP contribution in [0, 0.1) is 0 Å². The summed E-state index contributed by atoms with van der Waals surface area (Å²) in [5, 5.41) is 0. The van der Waals surface area contributed by atoms with E-state index >= 15 is 0 Å². The third kappa shape index (κ3) is 5.36. The van der Waals surface area contributed by atoms with Crippen molar-refractivity contribution in [1.29, 1.82) is 0 Å². The molecular weight excluding hydrogens is 310 g/mol. The lowest BCUT2D eigenvalue weighted by molar-refractivity contribution is -0.144. The number of ether oxygens (including phenoxy) is 3. The van der Waals surface area contributed by atoms with Gasteiger partial charge in [0.05, 0.1) is 24.9 Å². The van der Waals surface area contributed by atoms with E-state index in [4.69, 9.17) is 14.2 Å². The van der Waals surface area contributed by atoms with Crippen LogP contribution in [0.1, 0.15) is 66.2 Å². The molecule has 6 nitrogen and oxygen atoms in total. The van der Waals surface area contributed by atoms with Gasteiger partial charge in [0.25, 0.3) is 0 Å². The third-order valence-corrected chi connectivity index (χ3v) is 4.51. The summed E-state index contributed by atoms with van der Waals surface area (Å²) in [5.41, 5.74) is -0.755. The van der Waals surface area contributed by atoms with Crippen LogP contribution >= 0.6 is 0 Å². The minimum Gasteiger partial charge on any atom is -0.466 e. The predicted octanol–water partition coefficient (Wildman–Crippen LogP) is 3.28. The van der Waals surface area contributed by atoms with Gasteiger partial charge in [-0.1, -0.05) is 0 Å². The Hall–Kier alpha value is -1.30. The molecule has 0 N–H and O–H groups in total. The second-order valence-corrected chi connectivity index (χ2v) is 7.81. The molecule has 6 heteroatoms. The molecule has 0 aliphatic carbocycles. The van der Waals surface area contributed by atoms with Crippen molar-refractivity contribution in [3.8, 4) is 0 Å². The maximum Gasteiger partial charge on any atom is 0.410 e. The third-order valence-electron chi connectivity index (χ3n) is 4.51. The van der Waals surface area contributed by atoms with Crippen molar-refractivity contribution in [3.63, 3.8) is 0 Å². The number of hydrogen-bond acceptors (Lipinski definition) is 5. The largest absolute Gasteiger partial charge is 0.466 e. The lowest BCUT2D eigenvalue weighted by Crippen LogP contribution is -2.51. The molecule has 2 atom stereocenters. The summed E-state index contributed by atoms with van der Waals surface area (Å²) < 4.78 is 16.7. The molecule has 2 fully saturated rings. The average Bonchev–Trinajstić information content (AvgIpc) is 2.86. The van der Waals surface area contributed by atoms with Crippen molar-refractivity contribution in [2.24, 2.45) is 0 Å². The van der Waals surface area contributed by atoms with Crippen LogP contribution in [0.25, 0.3) is 0 Å². The van der Waals surface area contributed by atoms with Gasteiger partial charge >= 0.3 is 12.1 Å². The van der Waals surface area contributed by atoms with Gasteiger partial charge in [0.1, 0.15) is 5.60 Å². The zero-order chi connectivity index (χ0) is 17.8. The summed E-state index contributed by atoms with van der Waals surface area (Å²) in [6.07, 6.45) is 4.64. The Bertz CT molecular complexity index is 459. The number of carbonyl (C=O) groups excluding carboxylic acids is 2. The molecule has 2 aliphatic heterocycles. The molecule has 1 spiro atoms. The highest BCUT2D eigenvalue weighted by Gasteiger charge is 2.44. The summed E-state index contributed by atoms with van der Waals surface area (Å²) in [6, 6.07) is 0. The molecule has 2 heterocycles. The number of rotatable bonds is 4. The van der Waals surface area contributed by atoms with E-state index in [0.29, 0.717) is 32.5 Å². The fraction of sp³-hybridized carbons (Fsp3) is 0.889. The lowest BCUT2D eigenvalue weighted by atomic mass is 9.90. The van der Waals surface area contributed by atoms with E-state index in [0.717, 1.165) is 25.7 Å². The molecule has 0 aromatic carbocycles. The molecule has 0 aromatic rings. The van der Waals surface area contributed by atoms with E-state index in [1.807, 2.05) is 27.7 Å². The van der Waals surface area contributed by atoms with Gasteiger partial charge in [-0.3, -0.25) is 4.79 Å². The lowest BCUT2D eigenvalue weighted by Gasteiger charge is -2.40.